The molecule has 2 aromatic rings. The van der Waals surface area contributed by atoms with Gasteiger partial charge in [0.15, 0.2) is 5.69 Å². The Morgan fingerprint density at radius 2 is 1.62 bits per heavy atom. The standard InChI is InChI=1S/C45H72N6O9S/c1-13-29(6)39(50(10)44(56)37(27(2)3)48-42(55)38(28(4)5)49(8)9)35(58-11)25-36(53)51-21-17-20-34(51)40(59-12)30(7)41(54)46-32(24-31-18-15-14-16-19-31)43-47-33(26-61-43)45(57)60-23-22-52/h14-16,18-19,26-30,32,34-35,37-40,52H,13,17,20-25H2,1-12H3,(H,46,54)(H,48,55)/t29-,30+,32-,34-,35+,37-,38?,39-,40+/m0/s1. The molecule has 16 heteroatoms. The summed E-state index contributed by atoms with van der Waals surface area (Å²) in [5.41, 5.74) is 1.05. The second kappa shape index (κ2) is 24.6. The number of rotatable bonds is 24. The highest BCUT2D eigenvalue weighted by Gasteiger charge is 2.43. The van der Waals surface area contributed by atoms with Crippen molar-refractivity contribution in [1.82, 2.24) is 30.3 Å². The van der Waals surface area contributed by atoms with Crippen LogP contribution >= 0.6 is 11.3 Å². The van der Waals surface area contributed by atoms with E-state index < -0.39 is 54.3 Å². The van der Waals surface area contributed by atoms with Crippen molar-refractivity contribution in [3.63, 3.8) is 0 Å². The number of aliphatic hydroxyl groups is 1. The van der Waals surface area contributed by atoms with Crippen molar-refractivity contribution in [3.8, 4) is 0 Å². The second-order valence-corrected chi connectivity index (χ2v) is 18.0. The van der Waals surface area contributed by atoms with Crippen molar-refractivity contribution < 1.29 is 43.3 Å². The minimum atomic E-state index is -0.783. The Hall–Kier alpha value is -3.96. The average molecular weight is 873 g/mol. The molecule has 2 heterocycles. The van der Waals surface area contributed by atoms with E-state index in [-0.39, 0.29) is 66.7 Å². The Morgan fingerprint density at radius 1 is 0.951 bits per heavy atom. The molecule has 0 saturated carbocycles. The highest BCUT2D eigenvalue weighted by Crippen LogP contribution is 2.31. The molecular formula is C45H72N6O9S. The molecule has 0 bridgehead atoms. The van der Waals surface area contributed by atoms with Crippen LogP contribution in [0.2, 0.25) is 0 Å². The van der Waals surface area contributed by atoms with Crippen molar-refractivity contribution >= 4 is 40.9 Å². The Labute approximate surface area is 367 Å². The number of nitrogens with zero attached hydrogens (tertiary/aromatic N) is 4. The van der Waals surface area contributed by atoms with Gasteiger partial charge in [0.2, 0.25) is 23.6 Å². The molecule has 1 saturated heterocycles. The zero-order valence-electron chi connectivity index (χ0n) is 38.4. The number of carbonyl (C=O) groups excluding carboxylic acids is 5. The number of benzene rings is 1. The summed E-state index contributed by atoms with van der Waals surface area (Å²) in [7, 11) is 8.53. The second-order valence-electron chi connectivity index (χ2n) is 17.2. The van der Waals surface area contributed by atoms with E-state index in [0.29, 0.717) is 24.4 Å². The highest BCUT2D eigenvalue weighted by molar-refractivity contribution is 7.09. The van der Waals surface area contributed by atoms with Crippen LogP contribution in [0.25, 0.3) is 0 Å². The summed E-state index contributed by atoms with van der Waals surface area (Å²) in [6.45, 7) is 13.6. The number of likely N-dealkylation sites (N-methyl/N-ethyl adjacent to an activating group) is 2. The van der Waals surface area contributed by atoms with Crippen LogP contribution in [0.4, 0.5) is 0 Å². The lowest BCUT2D eigenvalue weighted by molar-refractivity contribution is -0.148. The van der Waals surface area contributed by atoms with E-state index in [1.54, 1.807) is 43.4 Å². The van der Waals surface area contributed by atoms with Crippen molar-refractivity contribution in [2.24, 2.45) is 23.7 Å². The molecule has 1 aromatic carbocycles. The van der Waals surface area contributed by atoms with Crippen LogP contribution in [0.1, 0.15) is 101 Å². The average Bonchev–Trinajstić information content (AvgIpc) is 3.92. The molecular weight excluding hydrogens is 801 g/mol. The van der Waals surface area contributed by atoms with Crippen molar-refractivity contribution in [3.05, 3.63) is 52.0 Å². The predicted molar refractivity (Wildman–Crippen MR) is 236 cm³/mol. The molecule has 342 valence electrons. The highest BCUT2D eigenvalue weighted by atomic mass is 32.1. The van der Waals surface area contributed by atoms with Crippen LogP contribution in [0.5, 0.6) is 0 Å². The van der Waals surface area contributed by atoms with Gasteiger partial charge in [0, 0.05) is 33.2 Å². The number of thiazole rings is 1. The first-order chi connectivity index (χ1) is 28.9. The number of amides is 4. The van der Waals surface area contributed by atoms with E-state index in [1.807, 2.05) is 90.9 Å². The molecule has 15 nitrogen and oxygen atoms in total. The fourth-order valence-corrected chi connectivity index (χ4v) is 9.36. The fraction of sp³-hybridized carbons (Fsp3) is 0.689. The Bertz CT molecular complexity index is 1700. The molecule has 3 rings (SSSR count). The summed E-state index contributed by atoms with van der Waals surface area (Å²) < 4.78 is 17.2. The Balaban J connectivity index is 1.82. The van der Waals surface area contributed by atoms with Crippen molar-refractivity contribution in [2.75, 3.05) is 55.1 Å². The monoisotopic (exact) mass is 873 g/mol. The summed E-state index contributed by atoms with van der Waals surface area (Å²) in [4.78, 5) is 78.7. The van der Waals surface area contributed by atoms with Gasteiger partial charge in [-0.25, -0.2) is 9.78 Å². The molecule has 9 atom stereocenters. The van der Waals surface area contributed by atoms with Crippen LogP contribution < -0.4 is 10.6 Å². The first-order valence-corrected chi connectivity index (χ1v) is 22.5. The maximum atomic E-state index is 14.4. The van der Waals surface area contributed by atoms with Gasteiger partial charge in [0.1, 0.15) is 17.7 Å². The van der Waals surface area contributed by atoms with Gasteiger partial charge in [-0.2, -0.15) is 0 Å². The smallest absolute Gasteiger partial charge is 0.357 e. The third-order valence-corrected chi connectivity index (χ3v) is 12.9. The Kier molecular flexibility index (Phi) is 20.7. The summed E-state index contributed by atoms with van der Waals surface area (Å²) in [6.07, 6.45) is 1.18. The molecule has 0 aliphatic carbocycles. The zero-order valence-corrected chi connectivity index (χ0v) is 39.2. The van der Waals surface area contributed by atoms with Gasteiger partial charge >= 0.3 is 5.97 Å². The van der Waals surface area contributed by atoms with E-state index in [0.717, 1.165) is 18.4 Å². The number of likely N-dealkylation sites (tertiary alicyclic amines) is 1. The fourth-order valence-electron chi connectivity index (χ4n) is 8.52. The van der Waals surface area contributed by atoms with E-state index in [9.17, 15) is 24.0 Å². The van der Waals surface area contributed by atoms with Crippen LogP contribution in [0.3, 0.4) is 0 Å². The van der Waals surface area contributed by atoms with Crippen molar-refractivity contribution in [1.29, 1.82) is 0 Å². The van der Waals surface area contributed by atoms with Gasteiger partial charge in [-0.3, -0.25) is 24.1 Å². The van der Waals surface area contributed by atoms with E-state index in [1.165, 1.54) is 11.3 Å². The Morgan fingerprint density at radius 3 is 2.18 bits per heavy atom. The predicted octanol–water partition coefficient (Wildman–Crippen LogP) is 4.34. The lowest BCUT2D eigenvalue weighted by Gasteiger charge is -2.41. The third-order valence-electron chi connectivity index (χ3n) is 11.9. The van der Waals surface area contributed by atoms with E-state index >= 15 is 0 Å². The van der Waals surface area contributed by atoms with E-state index in [4.69, 9.17) is 19.3 Å². The van der Waals surface area contributed by atoms with Gasteiger partial charge in [0.05, 0.1) is 55.3 Å². The lowest BCUT2D eigenvalue weighted by atomic mass is 9.89. The SMILES string of the molecule is CC[C@H](C)[C@@H]([C@@H](CC(=O)N1CCC[C@H]1[C@H](OC)[C@@H](C)C(=O)N[C@@H](Cc1ccccc1)c1nc(C(=O)OCCO)cs1)OC)N(C)C(=O)[C@@H](NC(=O)C(C(C)C)N(C)C)C(C)C. The largest absolute Gasteiger partial charge is 0.459 e. The van der Waals surface area contributed by atoms with E-state index in [2.05, 4.69) is 15.6 Å². The quantitative estimate of drug-likeness (QED) is 0.128. The number of ether oxygens (including phenoxy) is 3. The van der Waals surface area contributed by atoms with Crippen LogP contribution in [-0.2, 0) is 39.8 Å². The van der Waals surface area contributed by atoms with Gasteiger partial charge in [-0.1, -0.05) is 85.2 Å². The van der Waals surface area contributed by atoms with Gasteiger partial charge < -0.3 is 39.8 Å². The number of hydrogen-bond acceptors (Lipinski definition) is 12. The van der Waals surface area contributed by atoms with Crippen LogP contribution in [-0.4, -0.2) is 146 Å². The summed E-state index contributed by atoms with van der Waals surface area (Å²) >= 11 is 1.23. The maximum Gasteiger partial charge on any atom is 0.357 e. The number of aromatic nitrogens is 1. The number of aliphatic hydroxyl groups excluding tert-OH is 1. The summed E-state index contributed by atoms with van der Waals surface area (Å²) in [6, 6.07) is 6.99. The van der Waals surface area contributed by atoms with Gasteiger partial charge in [0.25, 0.3) is 0 Å². The molecule has 1 fully saturated rings. The number of hydrogen-bond donors (Lipinski definition) is 3. The molecule has 4 amide bonds. The molecule has 1 aliphatic rings. The molecule has 1 unspecified atom stereocenters. The molecule has 0 spiro atoms. The molecule has 61 heavy (non-hydrogen) atoms. The topological polar surface area (TPSA) is 180 Å². The number of carbonyl (C=O) groups is 5. The summed E-state index contributed by atoms with van der Waals surface area (Å²) in [5.74, 6) is -2.47. The van der Waals surface area contributed by atoms with Crippen molar-refractivity contribution in [2.45, 2.75) is 123 Å². The lowest BCUT2D eigenvalue weighted by Crippen LogP contribution is -2.59. The molecule has 3 N–H and O–H groups in total. The maximum absolute atomic E-state index is 14.4. The number of nitrogens with one attached hydrogen (secondary N) is 2. The summed E-state index contributed by atoms with van der Waals surface area (Å²) in [5, 5.41) is 17.4. The van der Waals surface area contributed by atoms with Gasteiger partial charge in [-0.05, 0) is 56.7 Å². The zero-order chi connectivity index (χ0) is 45.6. The van der Waals surface area contributed by atoms with Crippen LogP contribution in [0.15, 0.2) is 35.7 Å². The first kappa shape index (κ1) is 51.4. The number of esters is 1. The third kappa shape index (κ3) is 13.8. The minimum absolute atomic E-state index is 0.00232. The molecule has 1 aromatic heterocycles. The van der Waals surface area contributed by atoms with Gasteiger partial charge in [-0.15, -0.1) is 11.3 Å². The van der Waals surface area contributed by atoms with Crippen LogP contribution in [0, 0.1) is 23.7 Å². The first-order valence-electron chi connectivity index (χ1n) is 21.6. The number of methoxy groups -OCH3 is 2. The normalized spacial score (nSPS) is 18.2. The molecule has 1 aliphatic heterocycles. The minimum Gasteiger partial charge on any atom is -0.459 e. The molecule has 0 radical (unpaired) electrons.